The van der Waals surface area contributed by atoms with E-state index in [2.05, 4.69) is 15.5 Å². The summed E-state index contributed by atoms with van der Waals surface area (Å²) in [7, 11) is 2.73. The summed E-state index contributed by atoms with van der Waals surface area (Å²) >= 11 is 2.47. The topological polar surface area (TPSA) is 156 Å². The maximum absolute atomic E-state index is 12.6. The normalized spacial score (nSPS) is 21.1. The third kappa shape index (κ3) is 4.50. The number of aromatic nitrogens is 1. The fourth-order valence-electron chi connectivity index (χ4n) is 2.87. The number of nitrogens with zero attached hydrogens (tertiary/aromatic N) is 3. The Balaban J connectivity index is 0.00000300. The average Bonchev–Trinajstić information content (AvgIpc) is 3.09. The molecule has 0 aromatic carbocycles. The van der Waals surface area contributed by atoms with Gasteiger partial charge in [-0.3, -0.25) is 14.5 Å². The molecule has 154 valence electrons. The van der Waals surface area contributed by atoms with Crippen LogP contribution in [0.15, 0.2) is 21.8 Å². The van der Waals surface area contributed by atoms with Crippen LogP contribution in [0.25, 0.3) is 0 Å². The molecule has 0 unspecified atom stereocenters. The van der Waals surface area contributed by atoms with Gasteiger partial charge in [0.15, 0.2) is 10.8 Å². The van der Waals surface area contributed by atoms with E-state index in [1.54, 1.807) is 5.38 Å². The molecule has 4 N–H and O–H groups in total. The van der Waals surface area contributed by atoms with E-state index in [9.17, 15) is 19.5 Å². The molecule has 29 heavy (non-hydrogen) atoms. The number of nitrogen functional groups attached to an aromatic ring is 1. The van der Waals surface area contributed by atoms with E-state index >= 15 is 0 Å². The predicted octanol–water partition coefficient (Wildman–Crippen LogP) is -0.695. The number of ether oxygens (including phenoxy) is 1. The number of nitrogens with one attached hydrogen (secondary N) is 1. The Morgan fingerprint density at radius 1 is 1.52 bits per heavy atom. The van der Waals surface area contributed by atoms with Crippen molar-refractivity contribution in [2.75, 3.05) is 32.3 Å². The van der Waals surface area contributed by atoms with Gasteiger partial charge in [0, 0.05) is 18.2 Å². The molecule has 2 atom stereocenters. The quantitative estimate of drug-likeness (QED) is 0.210. The Morgan fingerprint density at radius 2 is 2.24 bits per heavy atom. The van der Waals surface area contributed by atoms with Crippen molar-refractivity contribution in [1.82, 2.24) is 15.2 Å². The minimum atomic E-state index is -1.21. The summed E-state index contributed by atoms with van der Waals surface area (Å²) in [5.74, 6) is -2.03. The molecule has 2 aliphatic rings. The Hall–Kier alpha value is -1.87. The number of amides is 2. The first-order chi connectivity index (χ1) is 13.4. The van der Waals surface area contributed by atoms with E-state index in [0.717, 1.165) is 11.3 Å². The van der Waals surface area contributed by atoms with Gasteiger partial charge in [-0.1, -0.05) is 5.16 Å². The molecule has 0 radical (unpaired) electrons. The number of methoxy groups -OCH3 is 1. The number of aliphatic carboxylic acids is 1. The molecule has 3 heterocycles. The number of thiazole rings is 1. The van der Waals surface area contributed by atoms with Crippen LogP contribution < -0.4 is 11.1 Å². The van der Waals surface area contributed by atoms with Gasteiger partial charge in [0.1, 0.15) is 29.9 Å². The molecule has 1 aromatic heterocycles. The van der Waals surface area contributed by atoms with Crippen molar-refractivity contribution in [3.8, 4) is 0 Å². The van der Waals surface area contributed by atoms with Gasteiger partial charge >= 0.3 is 29.0 Å². The zero-order chi connectivity index (χ0) is 20.4. The van der Waals surface area contributed by atoms with Gasteiger partial charge < -0.3 is 28.6 Å². The first-order valence-corrected chi connectivity index (χ1v) is 9.84. The number of carbonyl (C=O) groups excluding carboxylic acids is 2. The molecule has 0 aliphatic carbocycles. The average molecular weight is 454 g/mol. The molecule has 0 spiro atoms. The maximum atomic E-state index is 12.6. The number of carboxylic acid groups (broad SMARTS) is 1. The summed E-state index contributed by atoms with van der Waals surface area (Å²) in [6, 6.07) is -0.894. The van der Waals surface area contributed by atoms with Gasteiger partial charge in [-0.25, -0.2) is 9.78 Å². The van der Waals surface area contributed by atoms with E-state index in [1.165, 1.54) is 30.9 Å². The Bertz CT molecular complexity index is 899. The molecular formula is C15H19MgN5O6S2. The molecule has 0 bridgehead atoms. The van der Waals surface area contributed by atoms with Crippen molar-refractivity contribution in [2.24, 2.45) is 5.16 Å². The number of hydrogen-bond donors (Lipinski definition) is 3. The molecular weight excluding hydrogens is 435 g/mol. The minimum Gasteiger partial charge on any atom is -1.00 e. The summed E-state index contributed by atoms with van der Waals surface area (Å²) in [4.78, 5) is 46.7. The summed E-state index contributed by atoms with van der Waals surface area (Å²) in [6.45, 7) is 0.109. The van der Waals surface area contributed by atoms with Crippen molar-refractivity contribution in [1.29, 1.82) is 0 Å². The van der Waals surface area contributed by atoms with Crippen LogP contribution in [-0.2, 0) is 24.0 Å². The third-order valence-corrected chi connectivity index (χ3v) is 6.03. The molecule has 14 heteroatoms. The van der Waals surface area contributed by atoms with Crippen molar-refractivity contribution >= 4 is 74.8 Å². The first-order valence-electron chi connectivity index (χ1n) is 7.91. The smallest absolute Gasteiger partial charge is 1.00 e. The second-order valence-corrected chi connectivity index (χ2v) is 7.74. The Morgan fingerprint density at radius 3 is 2.79 bits per heavy atom. The van der Waals surface area contributed by atoms with E-state index in [-0.39, 0.29) is 54.7 Å². The van der Waals surface area contributed by atoms with Crippen LogP contribution in [-0.4, -0.2) is 99.5 Å². The van der Waals surface area contributed by atoms with Crippen LogP contribution in [0, 0.1) is 0 Å². The molecule has 3 rings (SSSR count). The molecule has 2 amide bonds. The number of carboxylic acids is 1. The third-order valence-electron chi connectivity index (χ3n) is 4.02. The first kappa shape index (κ1) is 23.4. The summed E-state index contributed by atoms with van der Waals surface area (Å²) in [5, 5.41) is 17.0. The minimum absolute atomic E-state index is 0. The number of β-lactam (4-membered cyclic amide) rings is 1. The van der Waals surface area contributed by atoms with Crippen LogP contribution in [0.1, 0.15) is 8.55 Å². The van der Waals surface area contributed by atoms with Gasteiger partial charge in [-0.15, -0.1) is 23.1 Å². The maximum Gasteiger partial charge on any atom is 2.00 e. The second-order valence-electron chi connectivity index (χ2n) is 5.74. The number of thioether (sulfide) groups is 1. The van der Waals surface area contributed by atoms with Gasteiger partial charge in [0.2, 0.25) is 0 Å². The van der Waals surface area contributed by atoms with Crippen LogP contribution >= 0.6 is 23.1 Å². The molecule has 1 saturated heterocycles. The molecule has 1 fully saturated rings. The summed E-state index contributed by atoms with van der Waals surface area (Å²) in [6.07, 6.45) is 0. The molecule has 11 nitrogen and oxygen atoms in total. The van der Waals surface area contributed by atoms with Gasteiger partial charge in [0.05, 0.1) is 6.61 Å². The fraction of sp³-hybridized carbons (Fsp3) is 0.400. The van der Waals surface area contributed by atoms with Crippen molar-refractivity contribution in [3.05, 3.63) is 22.3 Å². The largest absolute Gasteiger partial charge is 2.00 e. The zero-order valence-electron chi connectivity index (χ0n) is 17.6. The van der Waals surface area contributed by atoms with Crippen LogP contribution in [0.3, 0.4) is 0 Å². The van der Waals surface area contributed by atoms with Gasteiger partial charge in [0.25, 0.3) is 11.8 Å². The van der Waals surface area contributed by atoms with Crippen molar-refractivity contribution in [3.63, 3.8) is 0 Å². The number of oxime groups is 1. The van der Waals surface area contributed by atoms with Gasteiger partial charge in [-0.2, -0.15) is 0 Å². The SMILES string of the molecule is COCC1=C(C(=O)O)N2C(=O)[C@@H](NC(=O)C(=NOC)c3csc(N)n3)[C@H]2SC1.[H-].[H-].[Mg+2]. The number of anilines is 1. The number of rotatable bonds is 7. The van der Waals surface area contributed by atoms with Crippen LogP contribution in [0.2, 0.25) is 0 Å². The second kappa shape index (κ2) is 9.75. The summed E-state index contributed by atoms with van der Waals surface area (Å²) < 4.78 is 5.02. The number of fused-ring (bicyclic) bond motifs is 1. The van der Waals surface area contributed by atoms with E-state index in [1.807, 2.05) is 0 Å². The molecule has 2 aliphatic heterocycles. The molecule has 1 aromatic rings. The Kier molecular flexibility index (Phi) is 7.87. The molecule has 0 saturated carbocycles. The number of carbonyl (C=O) groups is 3. The Labute approximate surface area is 192 Å². The number of nitrogens with two attached hydrogens (primary N) is 1. The van der Waals surface area contributed by atoms with Crippen molar-refractivity contribution in [2.45, 2.75) is 11.4 Å². The van der Waals surface area contributed by atoms with Gasteiger partial charge in [-0.05, 0) is 5.57 Å². The number of hydrogen-bond acceptors (Lipinski definition) is 10. The van der Waals surface area contributed by atoms with E-state index in [4.69, 9.17) is 15.3 Å². The van der Waals surface area contributed by atoms with Crippen LogP contribution in [0.4, 0.5) is 5.13 Å². The fourth-order valence-corrected chi connectivity index (χ4v) is 4.75. The van der Waals surface area contributed by atoms with Crippen LogP contribution in [0.5, 0.6) is 0 Å². The standard InChI is InChI=1S/C15H17N5O6S2.Mg.2H/c1-25-3-6-4-27-13-9(12(22)20(13)10(6)14(23)24)18-11(21)8(19-26-2)7-5-28-15(16)17-7;;;/h5,9,13H,3-4H2,1-2H3,(H2,16,17)(H,18,21)(H,23,24);;;/q;+2;2*-1/t9-,13-;;;/m1.../s1. The predicted molar refractivity (Wildman–Crippen MR) is 110 cm³/mol. The summed E-state index contributed by atoms with van der Waals surface area (Å²) in [5.41, 5.74) is 6.09. The van der Waals surface area contributed by atoms with E-state index in [0.29, 0.717) is 11.3 Å². The van der Waals surface area contributed by atoms with Crippen molar-refractivity contribution < 1.29 is 31.9 Å². The zero-order valence-corrected chi connectivity index (χ0v) is 18.6. The monoisotopic (exact) mass is 453 g/mol. The van der Waals surface area contributed by atoms with E-state index < -0.39 is 29.2 Å².